The van der Waals surface area contributed by atoms with Crippen molar-refractivity contribution in [3.8, 4) is 0 Å². The van der Waals surface area contributed by atoms with Crippen molar-refractivity contribution in [2.24, 2.45) is 0 Å². The van der Waals surface area contributed by atoms with Gasteiger partial charge in [0.2, 0.25) is 0 Å². The summed E-state index contributed by atoms with van der Waals surface area (Å²) >= 11 is 0. The molecule has 0 radical (unpaired) electrons. The molecule has 1 aliphatic heterocycles. The van der Waals surface area contributed by atoms with Crippen molar-refractivity contribution >= 4 is 5.97 Å². The first kappa shape index (κ1) is 8.27. The molecule has 2 atom stereocenters. The zero-order valence-electron chi connectivity index (χ0n) is 6.74. The van der Waals surface area contributed by atoms with E-state index in [1.807, 2.05) is 13.0 Å². The van der Waals surface area contributed by atoms with Gasteiger partial charge in [-0.15, -0.1) is 0 Å². The maximum Gasteiger partial charge on any atom is 0.339 e. The van der Waals surface area contributed by atoms with Gasteiger partial charge in [-0.05, 0) is 12.5 Å². The Bertz CT molecular complexity index is 174. The maximum atomic E-state index is 10.9. The highest BCUT2D eigenvalue weighted by atomic mass is 16.6. The Morgan fingerprint density at radius 2 is 2.36 bits per heavy atom. The molecule has 0 amide bonds. The van der Waals surface area contributed by atoms with Crippen LogP contribution >= 0.6 is 0 Å². The van der Waals surface area contributed by atoms with Gasteiger partial charge < -0.3 is 9.47 Å². The van der Waals surface area contributed by atoms with Gasteiger partial charge in [0.15, 0.2) is 6.10 Å². The minimum atomic E-state index is -0.482. The number of rotatable bonds is 2. The van der Waals surface area contributed by atoms with Crippen LogP contribution in [0.4, 0.5) is 0 Å². The van der Waals surface area contributed by atoms with Gasteiger partial charge in [0.1, 0.15) is 0 Å². The fourth-order valence-corrected chi connectivity index (χ4v) is 0.986. The van der Waals surface area contributed by atoms with E-state index in [0.29, 0.717) is 0 Å². The van der Waals surface area contributed by atoms with Crippen LogP contribution in [0.1, 0.15) is 13.3 Å². The normalized spacial score (nSPS) is 28.9. The number of methoxy groups -OCH3 is 1. The van der Waals surface area contributed by atoms with E-state index in [0.717, 1.165) is 6.42 Å². The van der Waals surface area contributed by atoms with Crippen LogP contribution in [0.2, 0.25) is 0 Å². The first-order chi connectivity index (χ1) is 5.27. The molecule has 0 aromatic carbocycles. The summed E-state index contributed by atoms with van der Waals surface area (Å²) in [6.45, 7) is 2.01. The van der Waals surface area contributed by atoms with Crippen molar-refractivity contribution in [3.63, 3.8) is 0 Å². The van der Waals surface area contributed by atoms with Gasteiger partial charge in [-0.1, -0.05) is 13.0 Å². The molecule has 0 N–H and O–H groups in total. The van der Waals surface area contributed by atoms with Crippen molar-refractivity contribution in [3.05, 3.63) is 12.2 Å². The van der Waals surface area contributed by atoms with Gasteiger partial charge in [0.05, 0.1) is 13.2 Å². The number of hydrogen-bond acceptors (Lipinski definition) is 3. The standard InChI is InChI=1S/C8H12O3/c1-3-6-4-5-7(11-6)8(9)10-2/h4-7H,3H2,1-2H3. The first-order valence-electron chi connectivity index (χ1n) is 3.69. The molecule has 3 heteroatoms. The lowest BCUT2D eigenvalue weighted by Gasteiger charge is -2.09. The van der Waals surface area contributed by atoms with Crippen molar-refractivity contribution < 1.29 is 14.3 Å². The molecule has 0 saturated heterocycles. The summed E-state index contributed by atoms with van der Waals surface area (Å²) in [6, 6.07) is 0. The summed E-state index contributed by atoms with van der Waals surface area (Å²) in [7, 11) is 1.36. The fourth-order valence-electron chi connectivity index (χ4n) is 0.986. The molecule has 0 spiro atoms. The summed E-state index contributed by atoms with van der Waals surface area (Å²) in [4.78, 5) is 10.9. The lowest BCUT2D eigenvalue weighted by molar-refractivity contribution is -0.151. The molecule has 0 fully saturated rings. The minimum absolute atomic E-state index is 0.0825. The van der Waals surface area contributed by atoms with Gasteiger partial charge >= 0.3 is 5.97 Å². The number of carbonyl (C=O) groups excluding carboxylic acids is 1. The molecule has 62 valence electrons. The Kier molecular flexibility index (Phi) is 2.65. The van der Waals surface area contributed by atoms with Gasteiger partial charge in [-0.25, -0.2) is 4.79 Å². The average molecular weight is 156 g/mol. The van der Waals surface area contributed by atoms with Crippen molar-refractivity contribution in [1.29, 1.82) is 0 Å². The molecule has 0 bridgehead atoms. The van der Waals surface area contributed by atoms with Crippen molar-refractivity contribution in [2.45, 2.75) is 25.6 Å². The van der Waals surface area contributed by atoms with Crippen LogP contribution in [0.3, 0.4) is 0 Å². The Hall–Kier alpha value is -0.830. The molecule has 0 aliphatic carbocycles. The Morgan fingerprint density at radius 1 is 1.64 bits per heavy atom. The lowest BCUT2D eigenvalue weighted by Crippen LogP contribution is -2.22. The van der Waals surface area contributed by atoms with Gasteiger partial charge in [0.25, 0.3) is 0 Å². The van der Waals surface area contributed by atoms with E-state index in [4.69, 9.17) is 4.74 Å². The molecular formula is C8H12O3. The SMILES string of the molecule is CCC1C=CC(C(=O)OC)O1. The smallest absolute Gasteiger partial charge is 0.339 e. The van der Waals surface area contributed by atoms with Gasteiger partial charge in [0, 0.05) is 0 Å². The third-order valence-corrected chi connectivity index (χ3v) is 1.66. The molecular weight excluding hydrogens is 144 g/mol. The molecule has 0 saturated carbocycles. The summed E-state index contributed by atoms with van der Waals surface area (Å²) < 4.78 is 9.79. The second-order valence-corrected chi connectivity index (χ2v) is 2.41. The van der Waals surface area contributed by atoms with E-state index in [-0.39, 0.29) is 12.1 Å². The Morgan fingerprint density at radius 3 is 2.82 bits per heavy atom. The van der Waals surface area contributed by atoms with Crippen LogP contribution < -0.4 is 0 Å². The van der Waals surface area contributed by atoms with E-state index in [9.17, 15) is 4.79 Å². The zero-order valence-corrected chi connectivity index (χ0v) is 6.74. The summed E-state index contributed by atoms with van der Waals surface area (Å²) in [5.74, 6) is -0.322. The van der Waals surface area contributed by atoms with Gasteiger partial charge in [-0.2, -0.15) is 0 Å². The Balaban J connectivity index is 2.43. The number of esters is 1. The second kappa shape index (κ2) is 3.53. The first-order valence-corrected chi connectivity index (χ1v) is 3.69. The molecule has 2 unspecified atom stereocenters. The van der Waals surface area contributed by atoms with Crippen LogP contribution in [0.5, 0.6) is 0 Å². The van der Waals surface area contributed by atoms with Crippen molar-refractivity contribution in [1.82, 2.24) is 0 Å². The fraction of sp³-hybridized carbons (Fsp3) is 0.625. The highest BCUT2D eigenvalue weighted by Gasteiger charge is 2.24. The van der Waals surface area contributed by atoms with E-state index in [1.54, 1.807) is 6.08 Å². The van der Waals surface area contributed by atoms with Gasteiger partial charge in [-0.3, -0.25) is 0 Å². The molecule has 0 aromatic heterocycles. The summed E-state index contributed by atoms with van der Waals surface area (Å²) in [5, 5.41) is 0. The van der Waals surface area contributed by atoms with Crippen LogP contribution in [-0.4, -0.2) is 25.3 Å². The van der Waals surface area contributed by atoms with Crippen LogP contribution in [-0.2, 0) is 14.3 Å². The molecule has 3 nitrogen and oxygen atoms in total. The topological polar surface area (TPSA) is 35.5 Å². The monoisotopic (exact) mass is 156 g/mol. The molecule has 1 rings (SSSR count). The van der Waals surface area contributed by atoms with E-state index in [2.05, 4.69) is 4.74 Å². The van der Waals surface area contributed by atoms with E-state index in [1.165, 1.54) is 7.11 Å². The third kappa shape index (κ3) is 1.80. The predicted octanol–water partition coefficient (Wildman–Crippen LogP) is 0.893. The Labute approximate surface area is 66.0 Å². The van der Waals surface area contributed by atoms with Crippen LogP contribution in [0.25, 0.3) is 0 Å². The third-order valence-electron chi connectivity index (χ3n) is 1.66. The molecule has 1 heterocycles. The number of ether oxygens (including phenoxy) is 2. The zero-order chi connectivity index (χ0) is 8.27. The predicted molar refractivity (Wildman–Crippen MR) is 40.1 cm³/mol. The highest BCUT2D eigenvalue weighted by Crippen LogP contribution is 2.14. The second-order valence-electron chi connectivity index (χ2n) is 2.41. The van der Waals surface area contributed by atoms with E-state index >= 15 is 0 Å². The average Bonchev–Trinajstić information content (AvgIpc) is 2.50. The minimum Gasteiger partial charge on any atom is -0.467 e. The molecule has 0 aromatic rings. The summed E-state index contributed by atoms with van der Waals surface area (Å²) in [6.07, 6.45) is 4.12. The van der Waals surface area contributed by atoms with Crippen molar-refractivity contribution in [2.75, 3.05) is 7.11 Å². The molecule has 1 aliphatic rings. The van der Waals surface area contributed by atoms with Crippen LogP contribution in [0, 0.1) is 0 Å². The van der Waals surface area contributed by atoms with E-state index < -0.39 is 6.10 Å². The lowest BCUT2D eigenvalue weighted by atomic mass is 10.3. The van der Waals surface area contributed by atoms with Crippen LogP contribution in [0.15, 0.2) is 12.2 Å². The maximum absolute atomic E-state index is 10.9. The molecule has 11 heavy (non-hydrogen) atoms. The largest absolute Gasteiger partial charge is 0.467 e. The number of carbonyl (C=O) groups is 1. The highest BCUT2D eigenvalue weighted by molar-refractivity contribution is 5.77. The number of hydrogen-bond donors (Lipinski definition) is 0. The summed E-state index contributed by atoms with van der Waals surface area (Å²) in [5.41, 5.74) is 0. The quantitative estimate of drug-likeness (QED) is 0.440.